The third-order valence-electron chi connectivity index (χ3n) is 2.15. The molecule has 0 amide bonds. The van der Waals surface area contributed by atoms with E-state index in [1.165, 1.54) is 17.0 Å². The first kappa shape index (κ1) is 14.2. The Morgan fingerprint density at radius 2 is 2.06 bits per heavy atom. The van der Waals surface area contributed by atoms with Gasteiger partial charge in [0.1, 0.15) is 16.8 Å². The van der Waals surface area contributed by atoms with Crippen LogP contribution in [0.3, 0.4) is 0 Å². The molecule has 0 aromatic heterocycles. The maximum absolute atomic E-state index is 13.6. The van der Waals surface area contributed by atoms with E-state index in [-0.39, 0.29) is 0 Å². The lowest BCUT2D eigenvalue weighted by atomic mass is 10.2. The molecule has 0 N–H and O–H groups in total. The fourth-order valence-corrected chi connectivity index (χ4v) is 2.70. The summed E-state index contributed by atoms with van der Waals surface area (Å²) >= 11 is 0. The van der Waals surface area contributed by atoms with Gasteiger partial charge in [-0.15, -0.1) is 0 Å². The topological polar surface area (TPSA) is 61.2 Å². The van der Waals surface area contributed by atoms with Crippen molar-refractivity contribution >= 4 is 9.84 Å². The van der Waals surface area contributed by atoms with E-state index in [4.69, 9.17) is 5.26 Å². The van der Waals surface area contributed by atoms with Crippen molar-refractivity contribution in [2.75, 3.05) is 14.1 Å². The van der Waals surface area contributed by atoms with Gasteiger partial charge in [-0.05, 0) is 24.6 Å². The average Bonchev–Trinajstić information content (AvgIpc) is 2.28. The first-order chi connectivity index (χ1) is 8.28. The second-order valence-electron chi connectivity index (χ2n) is 4.01. The van der Waals surface area contributed by atoms with Gasteiger partial charge >= 0.3 is 0 Å². The summed E-state index contributed by atoms with van der Waals surface area (Å²) in [6.07, 6.45) is 1.15. The number of nitrogens with zero attached hydrogens (tertiary/aromatic N) is 2. The molecule has 1 aromatic rings. The molecule has 18 heavy (non-hydrogen) atoms. The van der Waals surface area contributed by atoms with E-state index in [0.717, 1.165) is 12.3 Å². The number of hydrogen-bond donors (Lipinski definition) is 0. The number of sulfone groups is 1. The van der Waals surface area contributed by atoms with Gasteiger partial charge in [0.15, 0.2) is 4.91 Å². The van der Waals surface area contributed by atoms with Crippen LogP contribution >= 0.6 is 0 Å². The minimum absolute atomic E-state index is 0.475. The third kappa shape index (κ3) is 2.87. The Balaban J connectivity index is 3.47. The van der Waals surface area contributed by atoms with E-state index < -0.39 is 25.5 Å². The van der Waals surface area contributed by atoms with Crippen LogP contribution in [0.15, 0.2) is 34.2 Å². The summed E-state index contributed by atoms with van der Waals surface area (Å²) in [6, 6.07) is 5.34. The molecule has 1 rings (SSSR count). The van der Waals surface area contributed by atoms with Crippen molar-refractivity contribution in [2.45, 2.75) is 11.8 Å². The van der Waals surface area contributed by atoms with Gasteiger partial charge in [0.05, 0.1) is 0 Å². The number of halogens is 1. The van der Waals surface area contributed by atoms with E-state index in [0.29, 0.717) is 5.56 Å². The van der Waals surface area contributed by atoms with Crippen molar-refractivity contribution < 1.29 is 12.8 Å². The van der Waals surface area contributed by atoms with Crippen LogP contribution in [0.25, 0.3) is 0 Å². The molecule has 0 bridgehead atoms. The maximum atomic E-state index is 13.6. The normalized spacial score (nSPS) is 12.1. The van der Waals surface area contributed by atoms with Crippen LogP contribution in [0.2, 0.25) is 0 Å². The van der Waals surface area contributed by atoms with Crippen LogP contribution in [-0.4, -0.2) is 27.4 Å². The molecule has 0 saturated carbocycles. The standard InChI is InChI=1S/C12H13FN2O2S/c1-9-4-5-11(13)12(6-9)18(16,17)10(7-14)8-15(2)3/h4-6,8H,1-3H3/b10-8+. The summed E-state index contributed by atoms with van der Waals surface area (Å²) in [5.74, 6) is -0.861. The Morgan fingerprint density at radius 3 is 2.56 bits per heavy atom. The molecule has 96 valence electrons. The maximum Gasteiger partial charge on any atom is 0.220 e. The van der Waals surface area contributed by atoms with Crippen LogP contribution < -0.4 is 0 Å². The molecule has 0 spiro atoms. The van der Waals surface area contributed by atoms with E-state index in [2.05, 4.69) is 0 Å². The number of benzene rings is 1. The van der Waals surface area contributed by atoms with Crippen molar-refractivity contribution in [2.24, 2.45) is 0 Å². The first-order valence-corrected chi connectivity index (χ1v) is 6.57. The van der Waals surface area contributed by atoms with E-state index in [1.807, 2.05) is 0 Å². The lowest BCUT2D eigenvalue weighted by Crippen LogP contribution is -2.11. The van der Waals surface area contributed by atoms with Gasteiger partial charge in [0.25, 0.3) is 0 Å². The predicted molar refractivity (Wildman–Crippen MR) is 65.7 cm³/mol. The lowest BCUT2D eigenvalue weighted by molar-refractivity contribution is 0.555. The smallest absolute Gasteiger partial charge is 0.220 e. The second kappa shape index (κ2) is 5.19. The highest BCUT2D eigenvalue weighted by molar-refractivity contribution is 7.95. The number of rotatable bonds is 3. The molecule has 0 aliphatic heterocycles. The van der Waals surface area contributed by atoms with Crippen LogP contribution in [0.5, 0.6) is 0 Å². The van der Waals surface area contributed by atoms with Crippen molar-refractivity contribution in [1.29, 1.82) is 5.26 Å². The molecule has 0 atom stereocenters. The Labute approximate surface area is 106 Å². The van der Waals surface area contributed by atoms with Gasteiger partial charge in [-0.1, -0.05) is 6.07 Å². The minimum atomic E-state index is -4.12. The highest BCUT2D eigenvalue weighted by Crippen LogP contribution is 2.23. The van der Waals surface area contributed by atoms with E-state index in [1.54, 1.807) is 27.1 Å². The second-order valence-corrected chi connectivity index (χ2v) is 5.89. The Morgan fingerprint density at radius 1 is 1.44 bits per heavy atom. The molecule has 0 aliphatic rings. The molecule has 4 nitrogen and oxygen atoms in total. The fraction of sp³-hybridized carbons (Fsp3) is 0.250. The van der Waals surface area contributed by atoms with Crippen molar-refractivity contribution in [1.82, 2.24) is 4.90 Å². The molecule has 1 aromatic carbocycles. The first-order valence-electron chi connectivity index (χ1n) is 5.08. The molecule has 6 heteroatoms. The van der Waals surface area contributed by atoms with Gasteiger partial charge in [0, 0.05) is 20.3 Å². The quantitative estimate of drug-likeness (QED) is 0.785. The summed E-state index contributed by atoms with van der Waals surface area (Å²) in [5, 5.41) is 8.89. The average molecular weight is 268 g/mol. The molecular weight excluding hydrogens is 255 g/mol. The summed E-state index contributed by atoms with van der Waals surface area (Å²) in [5.41, 5.74) is 0.608. The van der Waals surface area contributed by atoms with Crippen LogP contribution in [0.1, 0.15) is 5.56 Å². The van der Waals surface area contributed by atoms with Gasteiger partial charge < -0.3 is 4.90 Å². The number of nitriles is 1. The Hall–Kier alpha value is -1.87. The molecule has 0 aliphatic carbocycles. The van der Waals surface area contributed by atoms with Gasteiger partial charge in [-0.3, -0.25) is 0 Å². The summed E-state index contributed by atoms with van der Waals surface area (Å²) in [6.45, 7) is 1.65. The largest absolute Gasteiger partial charge is 0.382 e. The van der Waals surface area contributed by atoms with Crippen molar-refractivity contribution in [3.8, 4) is 6.07 Å². The van der Waals surface area contributed by atoms with Crippen LogP contribution in [0, 0.1) is 24.1 Å². The summed E-state index contributed by atoms with van der Waals surface area (Å²) in [7, 11) is -0.950. The van der Waals surface area contributed by atoms with Gasteiger partial charge in [-0.2, -0.15) is 5.26 Å². The number of aryl methyl sites for hydroxylation is 1. The molecule has 0 saturated heterocycles. The molecular formula is C12H13FN2O2S. The highest BCUT2D eigenvalue weighted by Gasteiger charge is 2.24. The summed E-state index contributed by atoms with van der Waals surface area (Å²) < 4.78 is 37.8. The van der Waals surface area contributed by atoms with Gasteiger partial charge in [0.2, 0.25) is 9.84 Å². The zero-order chi connectivity index (χ0) is 13.9. The molecule has 0 unspecified atom stereocenters. The van der Waals surface area contributed by atoms with E-state index in [9.17, 15) is 12.8 Å². The SMILES string of the molecule is Cc1ccc(F)c(S(=O)(=O)/C(C#N)=C/N(C)C)c1. The zero-order valence-corrected chi connectivity index (χ0v) is 11.1. The van der Waals surface area contributed by atoms with Crippen LogP contribution in [-0.2, 0) is 9.84 Å². The van der Waals surface area contributed by atoms with Crippen LogP contribution in [0.4, 0.5) is 4.39 Å². The molecule has 0 fully saturated rings. The highest BCUT2D eigenvalue weighted by atomic mass is 32.2. The van der Waals surface area contributed by atoms with Crippen molar-refractivity contribution in [3.05, 3.63) is 40.7 Å². The minimum Gasteiger partial charge on any atom is -0.382 e. The van der Waals surface area contributed by atoms with E-state index >= 15 is 0 Å². The number of hydrogen-bond acceptors (Lipinski definition) is 4. The molecule has 0 heterocycles. The zero-order valence-electron chi connectivity index (χ0n) is 10.3. The van der Waals surface area contributed by atoms with Gasteiger partial charge in [-0.25, -0.2) is 12.8 Å². The Kier molecular flexibility index (Phi) is 4.09. The fourth-order valence-electron chi connectivity index (χ4n) is 1.33. The summed E-state index contributed by atoms with van der Waals surface area (Å²) in [4.78, 5) is 0.457. The lowest BCUT2D eigenvalue weighted by Gasteiger charge is -2.09. The predicted octanol–water partition coefficient (Wildman–Crippen LogP) is 1.83. The Bertz CT molecular complexity index is 628. The number of allylic oxidation sites excluding steroid dienone is 1. The molecule has 0 radical (unpaired) electrons. The third-order valence-corrected chi connectivity index (χ3v) is 3.82. The van der Waals surface area contributed by atoms with Crippen molar-refractivity contribution in [3.63, 3.8) is 0 Å². The monoisotopic (exact) mass is 268 g/mol.